The molecule has 1 aromatic heterocycles. The van der Waals surface area contributed by atoms with Crippen molar-refractivity contribution in [3.63, 3.8) is 0 Å². The van der Waals surface area contributed by atoms with Gasteiger partial charge in [0.25, 0.3) is 5.69 Å². The van der Waals surface area contributed by atoms with Gasteiger partial charge in [-0.25, -0.2) is 9.78 Å². The summed E-state index contributed by atoms with van der Waals surface area (Å²) in [6.45, 7) is 7.08. The fourth-order valence-corrected chi connectivity index (χ4v) is 3.10. The van der Waals surface area contributed by atoms with Gasteiger partial charge in [-0.2, -0.15) is 0 Å². The molecule has 3 aromatic rings. The zero-order valence-corrected chi connectivity index (χ0v) is 17.2. The number of nitrogens with zero attached hydrogens (tertiary/aromatic N) is 3. The van der Waals surface area contributed by atoms with Crippen LogP contribution in [0.1, 0.15) is 37.0 Å². The highest BCUT2D eigenvalue weighted by Gasteiger charge is 2.27. The molecular formula is C21H20ClN3O4. The van der Waals surface area contributed by atoms with Crippen LogP contribution in [0.3, 0.4) is 0 Å². The van der Waals surface area contributed by atoms with Crippen LogP contribution in [0.25, 0.3) is 17.1 Å². The van der Waals surface area contributed by atoms with Crippen LogP contribution in [0.4, 0.5) is 5.69 Å². The predicted octanol–water partition coefficient (Wildman–Crippen LogP) is 5.36. The molecule has 7 nitrogen and oxygen atoms in total. The number of carbonyl (C=O) groups is 1. The van der Waals surface area contributed by atoms with E-state index in [1.165, 1.54) is 12.1 Å². The van der Waals surface area contributed by atoms with E-state index in [0.29, 0.717) is 27.8 Å². The topological polar surface area (TPSA) is 87.3 Å². The maximum absolute atomic E-state index is 12.7. The zero-order chi connectivity index (χ0) is 21.3. The Morgan fingerprint density at radius 1 is 1.14 bits per heavy atom. The number of nitro groups is 1. The van der Waals surface area contributed by atoms with Crippen molar-refractivity contribution in [2.24, 2.45) is 0 Å². The van der Waals surface area contributed by atoms with Gasteiger partial charge in [0.15, 0.2) is 5.69 Å². The lowest BCUT2D eigenvalue weighted by molar-refractivity contribution is -0.384. The summed E-state index contributed by atoms with van der Waals surface area (Å²) in [5, 5.41) is 11.5. The van der Waals surface area contributed by atoms with E-state index in [1.54, 1.807) is 62.6 Å². The number of hydrogen-bond donors (Lipinski definition) is 0. The average Bonchev–Trinajstić information content (AvgIpc) is 2.98. The van der Waals surface area contributed by atoms with Crippen LogP contribution in [0.5, 0.6) is 0 Å². The molecule has 0 radical (unpaired) electrons. The summed E-state index contributed by atoms with van der Waals surface area (Å²) in [5.74, 6) is -0.105. The highest BCUT2D eigenvalue weighted by atomic mass is 35.5. The number of imidazole rings is 1. The van der Waals surface area contributed by atoms with Gasteiger partial charge in [-0.3, -0.25) is 14.7 Å². The van der Waals surface area contributed by atoms with E-state index in [1.807, 2.05) is 6.07 Å². The first-order valence-electron chi connectivity index (χ1n) is 8.91. The Morgan fingerprint density at radius 2 is 1.76 bits per heavy atom. The Morgan fingerprint density at radius 3 is 2.31 bits per heavy atom. The minimum absolute atomic E-state index is 0.0295. The minimum Gasteiger partial charge on any atom is -0.455 e. The SMILES string of the molecule is Cc1c(C(=O)OC(C)(C)C)nc(-c2ccccc2Cl)n1-c1ccc([N+](=O)[O-])cc1. The van der Waals surface area contributed by atoms with Crippen molar-refractivity contribution in [1.82, 2.24) is 9.55 Å². The van der Waals surface area contributed by atoms with Gasteiger partial charge in [-0.15, -0.1) is 0 Å². The minimum atomic E-state index is -0.675. The number of carbonyl (C=O) groups excluding carboxylic acids is 1. The molecule has 3 rings (SSSR count). The Hall–Kier alpha value is -3.19. The third kappa shape index (κ3) is 4.30. The number of nitro benzene ring substituents is 1. The van der Waals surface area contributed by atoms with Crippen molar-refractivity contribution >= 4 is 23.3 Å². The smallest absolute Gasteiger partial charge is 0.359 e. The van der Waals surface area contributed by atoms with Gasteiger partial charge in [0.1, 0.15) is 11.4 Å². The molecule has 0 saturated heterocycles. The summed E-state index contributed by atoms with van der Waals surface area (Å²) in [6, 6.07) is 13.2. The third-order valence-electron chi connectivity index (χ3n) is 4.13. The third-order valence-corrected chi connectivity index (χ3v) is 4.46. The van der Waals surface area contributed by atoms with Crippen LogP contribution in [0, 0.1) is 17.0 Å². The van der Waals surface area contributed by atoms with E-state index in [4.69, 9.17) is 16.3 Å². The summed E-state index contributed by atoms with van der Waals surface area (Å²) in [4.78, 5) is 27.8. The number of hydrogen-bond acceptors (Lipinski definition) is 5. The molecule has 0 unspecified atom stereocenters. The van der Waals surface area contributed by atoms with Crippen LogP contribution >= 0.6 is 11.6 Å². The lowest BCUT2D eigenvalue weighted by atomic mass is 10.2. The highest BCUT2D eigenvalue weighted by Crippen LogP contribution is 2.32. The van der Waals surface area contributed by atoms with E-state index in [9.17, 15) is 14.9 Å². The molecule has 0 spiro atoms. The first kappa shape index (κ1) is 20.5. The Bertz CT molecular complexity index is 1080. The summed E-state index contributed by atoms with van der Waals surface area (Å²) in [7, 11) is 0. The second-order valence-electron chi connectivity index (χ2n) is 7.46. The van der Waals surface area contributed by atoms with Crippen LogP contribution < -0.4 is 0 Å². The standard InChI is InChI=1S/C21H20ClN3O4/c1-13-18(20(26)29-21(2,3)4)23-19(16-7-5-6-8-17(16)22)24(13)14-9-11-15(12-10-14)25(27)28/h5-12H,1-4H3. The summed E-state index contributed by atoms with van der Waals surface area (Å²) in [5.41, 5.74) is 1.25. The molecule has 2 aromatic carbocycles. The second-order valence-corrected chi connectivity index (χ2v) is 7.87. The number of rotatable bonds is 4. The van der Waals surface area contributed by atoms with Crippen molar-refractivity contribution in [2.75, 3.05) is 0 Å². The first-order valence-corrected chi connectivity index (χ1v) is 9.28. The van der Waals surface area contributed by atoms with Gasteiger partial charge in [0.2, 0.25) is 0 Å². The van der Waals surface area contributed by atoms with E-state index in [0.717, 1.165) is 0 Å². The lowest BCUT2D eigenvalue weighted by Crippen LogP contribution is -2.24. The Kier molecular flexibility index (Phi) is 5.44. The monoisotopic (exact) mass is 413 g/mol. The van der Waals surface area contributed by atoms with Crippen molar-refractivity contribution in [2.45, 2.75) is 33.3 Å². The van der Waals surface area contributed by atoms with Gasteiger partial charge in [0, 0.05) is 23.4 Å². The molecule has 1 heterocycles. The average molecular weight is 414 g/mol. The highest BCUT2D eigenvalue weighted by molar-refractivity contribution is 6.33. The van der Waals surface area contributed by atoms with Crippen LogP contribution in [-0.4, -0.2) is 26.0 Å². The summed E-state index contributed by atoms with van der Waals surface area (Å²) in [6.07, 6.45) is 0. The zero-order valence-electron chi connectivity index (χ0n) is 16.5. The predicted molar refractivity (Wildman–Crippen MR) is 111 cm³/mol. The van der Waals surface area contributed by atoms with Crippen LogP contribution in [-0.2, 0) is 4.74 Å². The maximum Gasteiger partial charge on any atom is 0.359 e. The molecule has 0 N–H and O–H groups in total. The van der Waals surface area contributed by atoms with E-state index in [-0.39, 0.29) is 11.4 Å². The summed E-state index contributed by atoms with van der Waals surface area (Å²) < 4.78 is 7.23. The molecule has 0 aliphatic heterocycles. The summed E-state index contributed by atoms with van der Waals surface area (Å²) >= 11 is 6.37. The van der Waals surface area contributed by atoms with Gasteiger partial charge in [-0.05, 0) is 52.0 Å². The Labute approximate surface area is 173 Å². The van der Waals surface area contributed by atoms with Crippen molar-refractivity contribution in [3.05, 3.63) is 75.1 Å². The Balaban J connectivity index is 2.21. The fraction of sp³-hybridized carbons (Fsp3) is 0.238. The molecule has 0 saturated carbocycles. The second kappa shape index (κ2) is 7.67. The van der Waals surface area contributed by atoms with Crippen molar-refractivity contribution in [1.29, 1.82) is 0 Å². The molecule has 0 amide bonds. The number of halogens is 1. The van der Waals surface area contributed by atoms with E-state index < -0.39 is 16.5 Å². The number of esters is 1. The van der Waals surface area contributed by atoms with Gasteiger partial charge in [-0.1, -0.05) is 23.7 Å². The molecular weight excluding hydrogens is 394 g/mol. The number of non-ortho nitro benzene ring substituents is 1. The van der Waals surface area contributed by atoms with Crippen molar-refractivity contribution in [3.8, 4) is 17.1 Å². The molecule has 150 valence electrons. The fourth-order valence-electron chi connectivity index (χ4n) is 2.88. The number of benzene rings is 2. The molecule has 29 heavy (non-hydrogen) atoms. The largest absolute Gasteiger partial charge is 0.455 e. The molecule has 8 heteroatoms. The van der Waals surface area contributed by atoms with Gasteiger partial charge >= 0.3 is 5.97 Å². The number of aromatic nitrogens is 2. The quantitative estimate of drug-likeness (QED) is 0.326. The lowest BCUT2D eigenvalue weighted by Gasteiger charge is -2.18. The van der Waals surface area contributed by atoms with Crippen molar-refractivity contribution < 1.29 is 14.5 Å². The van der Waals surface area contributed by atoms with Gasteiger partial charge < -0.3 is 4.74 Å². The molecule has 0 fully saturated rings. The first-order chi connectivity index (χ1) is 13.6. The van der Waals surface area contributed by atoms with Crippen LogP contribution in [0.15, 0.2) is 48.5 Å². The van der Waals surface area contributed by atoms with E-state index in [2.05, 4.69) is 4.98 Å². The number of ether oxygens (including phenoxy) is 1. The molecule has 0 aliphatic rings. The van der Waals surface area contributed by atoms with Gasteiger partial charge in [0.05, 0.1) is 15.6 Å². The van der Waals surface area contributed by atoms with Crippen LogP contribution in [0.2, 0.25) is 5.02 Å². The van der Waals surface area contributed by atoms with E-state index >= 15 is 0 Å². The molecule has 0 bridgehead atoms. The molecule has 0 aliphatic carbocycles. The normalized spacial score (nSPS) is 11.3. The maximum atomic E-state index is 12.7. The molecule has 0 atom stereocenters.